The molecule has 26 heavy (non-hydrogen) atoms. The highest BCUT2D eigenvalue weighted by Gasteiger charge is 2.09. The molecule has 0 bridgehead atoms. The zero-order chi connectivity index (χ0) is 18.1. The lowest BCUT2D eigenvalue weighted by molar-refractivity contribution is -0.116. The minimum Gasteiger partial charge on any atom is -0.326 e. The molecule has 2 heterocycles. The van der Waals surface area contributed by atoms with Gasteiger partial charge >= 0.3 is 5.69 Å². The maximum atomic E-state index is 12.3. The Hall–Kier alpha value is -3.68. The number of benzene rings is 2. The normalized spacial score (nSPS) is 11.1. The molecule has 2 aromatic heterocycles. The zero-order valence-corrected chi connectivity index (χ0v) is 13.7. The number of H-pyrrole nitrogens is 2. The van der Waals surface area contributed by atoms with Gasteiger partial charge in [0.15, 0.2) is 0 Å². The molecule has 130 valence electrons. The fourth-order valence-corrected chi connectivity index (χ4v) is 2.92. The Balaban J connectivity index is 1.53. The first-order valence-corrected chi connectivity index (χ1v) is 8.07. The van der Waals surface area contributed by atoms with E-state index in [2.05, 4.69) is 20.5 Å². The molecule has 0 aliphatic heterocycles. The summed E-state index contributed by atoms with van der Waals surface area (Å²) in [5.74, 6) is -0.227. The number of nitrogens with zero attached hydrogens (tertiary/aromatic N) is 2. The predicted molar refractivity (Wildman–Crippen MR) is 98.2 cm³/mol. The van der Waals surface area contributed by atoms with Crippen molar-refractivity contribution in [1.29, 1.82) is 0 Å². The van der Waals surface area contributed by atoms with E-state index >= 15 is 0 Å². The number of anilines is 1. The second kappa shape index (κ2) is 6.32. The van der Waals surface area contributed by atoms with E-state index in [0.717, 1.165) is 10.9 Å². The number of hydrogen-bond acceptors (Lipinski definition) is 4. The van der Waals surface area contributed by atoms with Crippen LogP contribution in [0.1, 0.15) is 6.42 Å². The fourth-order valence-electron chi connectivity index (χ4n) is 2.92. The highest BCUT2D eigenvalue weighted by Crippen LogP contribution is 2.17. The summed E-state index contributed by atoms with van der Waals surface area (Å²) >= 11 is 0. The number of nitrogens with one attached hydrogen (secondary N) is 3. The first kappa shape index (κ1) is 15.8. The van der Waals surface area contributed by atoms with Crippen molar-refractivity contribution in [3.63, 3.8) is 0 Å². The van der Waals surface area contributed by atoms with Gasteiger partial charge in [-0.3, -0.25) is 24.2 Å². The number of carbonyl (C=O) groups is 1. The van der Waals surface area contributed by atoms with Crippen LogP contribution in [-0.2, 0) is 11.3 Å². The maximum Gasteiger partial charge on any atom is 0.328 e. The van der Waals surface area contributed by atoms with Crippen LogP contribution in [0.2, 0.25) is 0 Å². The van der Waals surface area contributed by atoms with E-state index in [9.17, 15) is 14.4 Å². The molecule has 0 atom stereocenters. The van der Waals surface area contributed by atoms with Gasteiger partial charge in [0.2, 0.25) is 5.91 Å². The SMILES string of the molecule is O=C(CCn1c(=O)[nH]c(=O)c2ccccc21)Nc1ccc2[nH]ncc2c1. The van der Waals surface area contributed by atoms with Gasteiger partial charge < -0.3 is 5.32 Å². The van der Waals surface area contributed by atoms with Crippen LogP contribution < -0.4 is 16.6 Å². The Labute approximate surface area is 146 Å². The summed E-state index contributed by atoms with van der Waals surface area (Å²) in [6.45, 7) is 0.163. The lowest BCUT2D eigenvalue weighted by Crippen LogP contribution is -2.31. The van der Waals surface area contributed by atoms with E-state index in [1.54, 1.807) is 36.5 Å². The van der Waals surface area contributed by atoms with Crippen molar-refractivity contribution in [3.05, 3.63) is 69.5 Å². The van der Waals surface area contributed by atoms with Crippen molar-refractivity contribution >= 4 is 33.4 Å². The Kier molecular flexibility index (Phi) is 3.85. The van der Waals surface area contributed by atoms with Gasteiger partial charge in [-0.2, -0.15) is 5.10 Å². The van der Waals surface area contributed by atoms with Crippen LogP contribution in [-0.4, -0.2) is 25.7 Å². The highest BCUT2D eigenvalue weighted by molar-refractivity contribution is 5.93. The van der Waals surface area contributed by atoms with Gasteiger partial charge in [0.05, 0.1) is 22.6 Å². The molecule has 8 nitrogen and oxygen atoms in total. The molecule has 0 saturated heterocycles. The minimum atomic E-state index is -0.527. The number of aromatic nitrogens is 4. The number of fused-ring (bicyclic) bond motifs is 2. The lowest BCUT2D eigenvalue weighted by atomic mass is 10.2. The van der Waals surface area contributed by atoms with Crippen molar-refractivity contribution in [2.75, 3.05) is 5.32 Å². The number of aryl methyl sites for hydroxylation is 1. The Bertz CT molecular complexity index is 1230. The number of rotatable bonds is 4. The molecule has 1 amide bonds. The predicted octanol–water partition coefficient (Wildman–Crippen LogP) is 1.59. The van der Waals surface area contributed by atoms with Gasteiger partial charge in [-0.05, 0) is 30.3 Å². The summed E-state index contributed by atoms with van der Waals surface area (Å²) in [4.78, 5) is 38.5. The summed E-state index contributed by atoms with van der Waals surface area (Å²) in [6, 6.07) is 12.2. The first-order chi connectivity index (χ1) is 12.6. The summed E-state index contributed by atoms with van der Waals surface area (Å²) in [5.41, 5.74) is 1.09. The topological polar surface area (TPSA) is 113 Å². The Morgan fingerprint density at radius 1 is 1.15 bits per heavy atom. The molecule has 0 saturated carbocycles. The van der Waals surface area contributed by atoms with E-state index < -0.39 is 11.2 Å². The fraction of sp³-hybridized carbons (Fsp3) is 0.111. The molecule has 8 heteroatoms. The average molecular weight is 349 g/mol. The van der Waals surface area contributed by atoms with Crippen molar-refractivity contribution in [2.24, 2.45) is 0 Å². The van der Waals surface area contributed by atoms with Gasteiger partial charge in [-0.25, -0.2) is 4.79 Å². The molecule has 0 spiro atoms. The zero-order valence-electron chi connectivity index (χ0n) is 13.7. The van der Waals surface area contributed by atoms with Gasteiger partial charge in [0, 0.05) is 24.0 Å². The van der Waals surface area contributed by atoms with Crippen LogP contribution >= 0.6 is 0 Å². The molecule has 0 radical (unpaired) electrons. The molecule has 2 aromatic carbocycles. The van der Waals surface area contributed by atoms with Crippen LogP contribution in [0.25, 0.3) is 21.8 Å². The monoisotopic (exact) mass is 349 g/mol. The summed E-state index contributed by atoms with van der Waals surface area (Å²) in [6.07, 6.45) is 1.77. The summed E-state index contributed by atoms with van der Waals surface area (Å²) in [5, 5.41) is 10.9. The maximum absolute atomic E-state index is 12.3. The summed E-state index contributed by atoms with van der Waals surface area (Å²) in [7, 11) is 0. The number of hydrogen-bond donors (Lipinski definition) is 3. The third-order valence-electron chi connectivity index (χ3n) is 4.19. The third kappa shape index (κ3) is 2.88. The van der Waals surface area contributed by atoms with Gasteiger partial charge in [-0.1, -0.05) is 12.1 Å². The average Bonchev–Trinajstić information content (AvgIpc) is 3.09. The molecule has 0 aliphatic carbocycles. The van der Waals surface area contributed by atoms with Crippen LogP contribution in [0, 0.1) is 0 Å². The number of para-hydroxylation sites is 1. The second-order valence-electron chi connectivity index (χ2n) is 5.90. The van der Waals surface area contributed by atoms with Crippen LogP contribution in [0.15, 0.2) is 58.3 Å². The molecular formula is C18H15N5O3. The van der Waals surface area contributed by atoms with E-state index in [0.29, 0.717) is 16.6 Å². The van der Waals surface area contributed by atoms with Crippen molar-refractivity contribution < 1.29 is 4.79 Å². The molecule has 0 fully saturated rings. The van der Waals surface area contributed by atoms with E-state index in [4.69, 9.17) is 0 Å². The van der Waals surface area contributed by atoms with Crippen molar-refractivity contribution in [3.8, 4) is 0 Å². The molecule has 0 unspecified atom stereocenters. The standard InChI is InChI=1S/C18H15N5O3/c24-16(20-12-5-6-14-11(9-12)10-19-22-14)7-8-23-15-4-2-1-3-13(15)17(25)21-18(23)26/h1-6,9-10H,7-8H2,(H,19,22)(H,20,24)(H,21,25,26). The smallest absolute Gasteiger partial charge is 0.326 e. The van der Waals surface area contributed by atoms with Gasteiger partial charge in [0.25, 0.3) is 5.56 Å². The quantitative estimate of drug-likeness (QED) is 0.519. The van der Waals surface area contributed by atoms with Gasteiger partial charge in [-0.15, -0.1) is 0 Å². The molecule has 3 N–H and O–H groups in total. The third-order valence-corrected chi connectivity index (χ3v) is 4.19. The van der Waals surface area contributed by atoms with Gasteiger partial charge in [0.1, 0.15) is 0 Å². The van der Waals surface area contributed by atoms with Crippen LogP contribution in [0.4, 0.5) is 5.69 Å². The largest absolute Gasteiger partial charge is 0.328 e. The highest BCUT2D eigenvalue weighted by atomic mass is 16.2. The molecule has 0 aliphatic rings. The van der Waals surface area contributed by atoms with E-state index in [1.165, 1.54) is 4.57 Å². The molecule has 4 aromatic rings. The Morgan fingerprint density at radius 2 is 2.00 bits per heavy atom. The van der Waals surface area contributed by atoms with Crippen LogP contribution in [0.3, 0.4) is 0 Å². The summed E-state index contributed by atoms with van der Waals surface area (Å²) < 4.78 is 1.40. The number of amides is 1. The van der Waals surface area contributed by atoms with E-state index in [-0.39, 0.29) is 18.9 Å². The first-order valence-electron chi connectivity index (χ1n) is 8.07. The molecular weight excluding hydrogens is 334 g/mol. The van der Waals surface area contributed by atoms with Crippen molar-refractivity contribution in [1.82, 2.24) is 19.7 Å². The van der Waals surface area contributed by atoms with Crippen molar-refractivity contribution in [2.45, 2.75) is 13.0 Å². The minimum absolute atomic E-state index is 0.0966. The number of aromatic amines is 2. The van der Waals surface area contributed by atoms with Crippen LogP contribution in [0.5, 0.6) is 0 Å². The second-order valence-corrected chi connectivity index (χ2v) is 5.90. The number of carbonyl (C=O) groups excluding carboxylic acids is 1. The Morgan fingerprint density at radius 3 is 2.88 bits per heavy atom. The molecule has 4 rings (SSSR count). The van der Waals surface area contributed by atoms with E-state index in [1.807, 2.05) is 12.1 Å². The lowest BCUT2D eigenvalue weighted by Gasteiger charge is -2.10.